The number of rotatable bonds is 9. The van der Waals surface area contributed by atoms with E-state index in [1.807, 2.05) is 6.92 Å². The molecule has 0 unspecified atom stereocenters. The first kappa shape index (κ1) is 25.4. The van der Waals surface area contributed by atoms with Crippen molar-refractivity contribution in [3.8, 4) is 11.5 Å². The maximum atomic E-state index is 13.3. The van der Waals surface area contributed by atoms with Crippen LogP contribution < -0.4 is 20.1 Å². The van der Waals surface area contributed by atoms with Crippen LogP contribution in [0, 0.1) is 6.92 Å². The number of carbonyl (C=O) groups excluding carboxylic acids is 2. The number of amides is 2. The van der Waals surface area contributed by atoms with E-state index in [9.17, 15) is 14.4 Å². The Morgan fingerprint density at radius 1 is 0.973 bits per heavy atom. The van der Waals surface area contributed by atoms with E-state index in [4.69, 9.17) is 14.6 Å². The first-order valence-electron chi connectivity index (χ1n) is 11.1. The van der Waals surface area contributed by atoms with Crippen molar-refractivity contribution in [2.45, 2.75) is 13.5 Å². The molecule has 0 bridgehead atoms. The van der Waals surface area contributed by atoms with Gasteiger partial charge in [0.05, 0.1) is 28.8 Å². The summed E-state index contributed by atoms with van der Waals surface area (Å²) in [5, 5.41) is 14.7. The number of nitrogens with one attached hydrogen (secondary N) is 2. The first-order chi connectivity index (χ1) is 17.8. The summed E-state index contributed by atoms with van der Waals surface area (Å²) in [6.45, 7) is 2.06. The van der Waals surface area contributed by atoms with Gasteiger partial charge in [0.2, 0.25) is 0 Å². The molecule has 0 saturated heterocycles. The fourth-order valence-corrected chi connectivity index (χ4v) is 4.18. The van der Waals surface area contributed by atoms with E-state index in [-0.39, 0.29) is 18.0 Å². The third kappa shape index (κ3) is 6.30. The SMILES string of the molecule is COc1ccccc1C(=O)c1cc(C)ccc1NC(=O)Nc1ncc(COc2ccc(C(=O)O)cc2)s1. The number of aromatic nitrogens is 1. The second-order valence-corrected chi connectivity index (χ2v) is 9.02. The van der Waals surface area contributed by atoms with Crippen LogP contribution in [0.3, 0.4) is 0 Å². The highest BCUT2D eigenvalue weighted by Gasteiger charge is 2.19. The highest BCUT2D eigenvalue weighted by atomic mass is 32.1. The summed E-state index contributed by atoms with van der Waals surface area (Å²) in [4.78, 5) is 41.9. The van der Waals surface area contributed by atoms with Crippen molar-refractivity contribution in [1.29, 1.82) is 0 Å². The summed E-state index contributed by atoms with van der Waals surface area (Å²) in [7, 11) is 1.50. The first-order valence-corrected chi connectivity index (χ1v) is 11.9. The van der Waals surface area contributed by atoms with E-state index < -0.39 is 12.0 Å². The van der Waals surface area contributed by atoms with Crippen molar-refractivity contribution in [3.63, 3.8) is 0 Å². The molecule has 0 spiro atoms. The van der Waals surface area contributed by atoms with Gasteiger partial charge in [0, 0.05) is 11.8 Å². The van der Waals surface area contributed by atoms with Gasteiger partial charge >= 0.3 is 12.0 Å². The molecule has 0 fully saturated rings. The van der Waals surface area contributed by atoms with Crippen LogP contribution in [-0.2, 0) is 6.61 Å². The standard InChI is InChI=1S/C27H23N3O6S/c1-16-7-12-22(21(13-16)24(31)20-5-3-4-6-23(20)35-2)29-26(34)30-27-28-14-19(37-27)15-36-18-10-8-17(9-11-18)25(32)33/h3-14H,15H2,1-2H3,(H,32,33)(H2,28,29,30,34). The Hall–Kier alpha value is -4.70. The number of urea groups is 1. The van der Waals surface area contributed by atoms with Gasteiger partial charge in [-0.3, -0.25) is 10.1 Å². The Morgan fingerprint density at radius 2 is 1.73 bits per heavy atom. The van der Waals surface area contributed by atoms with E-state index >= 15 is 0 Å². The van der Waals surface area contributed by atoms with Gasteiger partial charge in [0.25, 0.3) is 0 Å². The fraction of sp³-hybridized carbons (Fsp3) is 0.111. The summed E-state index contributed by atoms with van der Waals surface area (Å²) in [6.07, 6.45) is 1.58. The summed E-state index contributed by atoms with van der Waals surface area (Å²) in [5.41, 5.74) is 2.11. The van der Waals surface area contributed by atoms with Crippen molar-refractivity contribution in [3.05, 3.63) is 100 Å². The van der Waals surface area contributed by atoms with Gasteiger partial charge in [0.15, 0.2) is 10.9 Å². The number of nitrogens with zero attached hydrogens (tertiary/aromatic N) is 1. The predicted molar refractivity (Wildman–Crippen MR) is 140 cm³/mol. The minimum absolute atomic E-state index is 0.170. The zero-order valence-electron chi connectivity index (χ0n) is 20.0. The number of thiazole rings is 1. The van der Waals surface area contributed by atoms with Crippen LogP contribution in [0.25, 0.3) is 0 Å². The number of ketones is 1. The van der Waals surface area contributed by atoms with Gasteiger partial charge < -0.3 is 19.9 Å². The summed E-state index contributed by atoms with van der Waals surface area (Å²) in [5.74, 6) is -0.330. The molecule has 0 aliphatic heterocycles. The molecular formula is C27H23N3O6S. The summed E-state index contributed by atoms with van der Waals surface area (Å²) in [6, 6.07) is 17.6. The molecule has 0 aliphatic rings. The van der Waals surface area contributed by atoms with Gasteiger partial charge in [0.1, 0.15) is 18.1 Å². The van der Waals surface area contributed by atoms with Crippen LogP contribution >= 0.6 is 11.3 Å². The van der Waals surface area contributed by atoms with E-state index in [1.54, 1.807) is 60.8 Å². The van der Waals surface area contributed by atoms with Crippen molar-refractivity contribution < 1.29 is 29.0 Å². The van der Waals surface area contributed by atoms with Crippen molar-refractivity contribution in [2.24, 2.45) is 0 Å². The van der Waals surface area contributed by atoms with E-state index in [2.05, 4.69) is 15.6 Å². The molecule has 4 aromatic rings. The Labute approximate surface area is 216 Å². The monoisotopic (exact) mass is 517 g/mol. The molecular weight excluding hydrogens is 494 g/mol. The molecule has 4 rings (SSSR count). The van der Waals surface area contributed by atoms with Crippen molar-refractivity contribution in [1.82, 2.24) is 4.98 Å². The molecule has 1 aromatic heterocycles. The van der Waals surface area contributed by atoms with Crippen LogP contribution in [0.4, 0.5) is 15.6 Å². The maximum Gasteiger partial charge on any atom is 0.335 e. The van der Waals surface area contributed by atoms with Gasteiger partial charge in [-0.25, -0.2) is 14.6 Å². The molecule has 1 heterocycles. The third-order valence-corrected chi connectivity index (χ3v) is 6.16. The lowest BCUT2D eigenvalue weighted by Crippen LogP contribution is -2.21. The number of carbonyl (C=O) groups is 3. The van der Waals surface area contributed by atoms with Gasteiger partial charge in [-0.05, 0) is 55.5 Å². The number of aromatic carboxylic acids is 1. The number of benzene rings is 3. The van der Waals surface area contributed by atoms with Crippen LogP contribution in [-0.4, -0.2) is 35.0 Å². The number of ether oxygens (including phenoxy) is 2. The molecule has 2 amide bonds. The number of hydrogen-bond donors (Lipinski definition) is 3. The smallest absolute Gasteiger partial charge is 0.335 e. The van der Waals surface area contributed by atoms with Crippen molar-refractivity contribution in [2.75, 3.05) is 17.7 Å². The number of hydrogen-bond acceptors (Lipinski definition) is 7. The molecule has 0 atom stereocenters. The average molecular weight is 518 g/mol. The van der Waals surface area contributed by atoms with Crippen molar-refractivity contribution >= 4 is 39.9 Å². The van der Waals surface area contributed by atoms with Crippen LogP contribution in [0.5, 0.6) is 11.5 Å². The fourth-order valence-electron chi connectivity index (χ4n) is 3.46. The lowest BCUT2D eigenvalue weighted by atomic mass is 9.99. The molecule has 9 nitrogen and oxygen atoms in total. The van der Waals surface area contributed by atoms with Gasteiger partial charge in [-0.1, -0.05) is 35.1 Å². The summed E-state index contributed by atoms with van der Waals surface area (Å²) < 4.78 is 11.0. The Kier molecular flexibility index (Phi) is 7.80. The quantitative estimate of drug-likeness (QED) is 0.246. The Morgan fingerprint density at radius 3 is 2.46 bits per heavy atom. The van der Waals surface area contributed by atoms with E-state index in [0.717, 1.165) is 10.4 Å². The van der Waals surface area contributed by atoms with Crippen LogP contribution in [0.2, 0.25) is 0 Å². The predicted octanol–water partition coefficient (Wildman–Crippen LogP) is 5.61. The number of aryl methyl sites for hydroxylation is 1. The molecule has 0 radical (unpaired) electrons. The maximum absolute atomic E-state index is 13.3. The molecule has 10 heteroatoms. The second kappa shape index (κ2) is 11.4. The average Bonchev–Trinajstić information content (AvgIpc) is 3.35. The molecule has 0 saturated carbocycles. The third-order valence-electron chi connectivity index (χ3n) is 5.28. The number of anilines is 2. The zero-order chi connectivity index (χ0) is 26.4. The second-order valence-electron chi connectivity index (χ2n) is 7.91. The van der Waals surface area contributed by atoms with Gasteiger partial charge in [-0.15, -0.1) is 0 Å². The largest absolute Gasteiger partial charge is 0.496 e. The van der Waals surface area contributed by atoms with E-state index in [0.29, 0.717) is 33.4 Å². The molecule has 0 aliphatic carbocycles. The lowest BCUT2D eigenvalue weighted by molar-refractivity contribution is 0.0696. The van der Waals surface area contributed by atoms with Crippen LogP contribution in [0.1, 0.15) is 36.7 Å². The molecule has 3 aromatic carbocycles. The molecule has 37 heavy (non-hydrogen) atoms. The van der Waals surface area contributed by atoms with Gasteiger partial charge in [-0.2, -0.15) is 0 Å². The minimum Gasteiger partial charge on any atom is -0.496 e. The molecule has 3 N–H and O–H groups in total. The number of methoxy groups -OCH3 is 1. The topological polar surface area (TPSA) is 127 Å². The highest BCUT2D eigenvalue weighted by Crippen LogP contribution is 2.27. The Balaban J connectivity index is 1.41. The lowest BCUT2D eigenvalue weighted by Gasteiger charge is -2.13. The number of para-hydroxylation sites is 1. The minimum atomic E-state index is -1.01. The normalized spacial score (nSPS) is 10.4. The summed E-state index contributed by atoms with van der Waals surface area (Å²) >= 11 is 1.23. The molecule has 188 valence electrons. The zero-order valence-corrected chi connectivity index (χ0v) is 20.8. The highest BCUT2D eigenvalue weighted by molar-refractivity contribution is 7.15. The Bertz CT molecular complexity index is 1450. The van der Waals surface area contributed by atoms with E-state index in [1.165, 1.54) is 30.6 Å². The number of carboxylic acid groups (broad SMARTS) is 1. The van der Waals surface area contributed by atoms with Crippen LogP contribution in [0.15, 0.2) is 72.9 Å². The number of carboxylic acids is 1.